The Hall–Kier alpha value is -0.790. The lowest BCUT2D eigenvalue weighted by molar-refractivity contribution is -0.138. The third kappa shape index (κ3) is 4.24. The highest BCUT2D eigenvalue weighted by Gasteiger charge is 2.37. The Morgan fingerprint density at radius 3 is 2.46 bits per heavy atom. The van der Waals surface area contributed by atoms with Crippen molar-refractivity contribution >= 4 is 35.3 Å². The van der Waals surface area contributed by atoms with E-state index in [0.29, 0.717) is 13.1 Å². The van der Waals surface area contributed by atoms with Gasteiger partial charge in [0.25, 0.3) is 0 Å². The molecule has 1 aromatic heterocycles. The molecular weight excluding hydrogens is 380 g/mol. The maximum absolute atomic E-state index is 13.5. The fourth-order valence-electron chi connectivity index (χ4n) is 2.93. The van der Waals surface area contributed by atoms with Gasteiger partial charge in [-0.2, -0.15) is 13.2 Å². The summed E-state index contributed by atoms with van der Waals surface area (Å²) in [6.45, 7) is 2.97. The standard InChI is InChI=1S/C16H16ClF3N2S.ClH/c17-11-3-4-12(13(10-11)16(18,19)20)15(14-2-1-9-23-14)22-7-5-21-6-8-22;/h1-4,9-10,15,21H,5-8H2;1H/t15-;/m0./s1. The van der Waals surface area contributed by atoms with Crippen LogP contribution in [0.15, 0.2) is 35.7 Å². The normalized spacial score (nSPS) is 17.3. The second-order valence-corrected chi connectivity index (χ2v) is 6.85. The number of halogens is 5. The maximum atomic E-state index is 13.5. The van der Waals surface area contributed by atoms with Gasteiger partial charge < -0.3 is 5.32 Å². The summed E-state index contributed by atoms with van der Waals surface area (Å²) in [6.07, 6.45) is -4.43. The van der Waals surface area contributed by atoms with Crippen molar-refractivity contribution in [1.29, 1.82) is 0 Å². The Morgan fingerprint density at radius 1 is 1.17 bits per heavy atom. The molecular formula is C16H17Cl2F3N2S. The Kier molecular flexibility index (Phi) is 6.56. The third-order valence-corrected chi connectivity index (χ3v) is 5.10. The molecule has 1 N–H and O–H groups in total. The van der Waals surface area contributed by atoms with E-state index in [1.165, 1.54) is 23.5 Å². The summed E-state index contributed by atoms with van der Waals surface area (Å²) in [5.41, 5.74) is -0.381. The average Bonchev–Trinajstić information content (AvgIpc) is 3.03. The molecule has 0 aliphatic carbocycles. The second kappa shape index (κ2) is 8.06. The molecule has 132 valence electrons. The predicted octanol–water partition coefficient (Wildman–Crippen LogP) is 4.84. The molecule has 1 fully saturated rings. The summed E-state index contributed by atoms with van der Waals surface area (Å²) in [7, 11) is 0. The van der Waals surface area contributed by atoms with Gasteiger partial charge in [0.1, 0.15) is 0 Å². The monoisotopic (exact) mass is 396 g/mol. The van der Waals surface area contributed by atoms with Crippen LogP contribution >= 0.6 is 35.3 Å². The lowest BCUT2D eigenvalue weighted by Crippen LogP contribution is -2.45. The molecule has 1 atom stereocenters. The quantitative estimate of drug-likeness (QED) is 0.798. The number of benzene rings is 1. The maximum Gasteiger partial charge on any atom is 0.416 e. The van der Waals surface area contributed by atoms with E-state index in [-0.39, 0.29) is 23.0 Å². The van der Waals surface area contributed by atoms with E-state index >= 15 is 0 Å². The van der Waals surface area contributed by atoms with Crippen LogP contribution in [-0.2, 0) is 6.18 Å². The highest BCUT2D eigenvalue weighted by molar-refractivity contribution is 7.10. The molecule has 1 aromatic carbocycles. The number of nitrogens with zero attached hydrogens (tertiary/aromatic N) is 1. The smallest absolute Gasteiger partial charge is 0.314 e. The zero-order chi connectivity index (χ0) is 16.4. The molecule has 1 aliphatic rings. The first-order chi connectivity index (χ1) is 11.0. The lowest BCUT2D eigenvalue weighted by atomic mass is 9.96. The molecule has 2 nitrogen and oxygen atoms in total. The van der Waals surface area contributed by atoms with Crippen LogP contribution in [0.25, 0.3) is 0 Å². The van der Waals surface area contributed by atoms with Gasteiger partial charge in [0.05, 0.1) is 11.6 Å². The molecule has 0 saturated carbocycles. The molecule has 0 amide bonds. The van der Waals surface area contributed by atoms with Crippen LogP contribution in [-0.4, -0.2) is 31.1 Å². The Bertz CT molecular complexity index is 656. The third-order valence-electron chi connectivity index (χ3n) is 3.94. The van der Waals surface area contributed by atoms with Crippen molar-refractivity contribution < 1.29 is 13.2 Å². The zero-order valence-corrected chi connectivity index (χ0v) is 15.0. The number of hydrogen-bond acceptors (Lipinski definition) is 3. The van der Waals surface area contributed by atoms with Crippen molar-refractivity contribution in [1.82, 2.24) is 10.2 Å². The highest BCUT2D eigenvalue weighted by Crippen LogP contribution is 2.41. The van der Waals surface area contributed by atoms with E-state index in [4.69, 9.17) is 11.6 Å². The zero-order valence-electron chi connectivity index (χ0n) is 12.6. The predicted molar refractivity (Wildman–Crippen MR) is 94.3 cm³/mol. The summed E-state index contributed by atoms with van der Waals surface area (Å²) in [5.74, 6) is 0. The van der Waals surface area contributed by atoms with Crippen LogP contribution in [0.1, 0.15) is 22.0 Å². The number of thiophene rings is 1. The van der Waals surface area contributed by atoms with Gasteiger partial charge in [-0.15, -0.1) is 23.7 Å². The molecule has 8 heteroatoms. The molecule has 1 saturated heterocycles. The van der Waals surface area contributed by atoms with Gasteiger partial charge in [0.15, 0.2) is 0 Å². The van der Waals surface area contributed by atoms with Gasteiger partial charge in [0.2, 0.25) is 0 Å². The number of alkyl halides is 3. The second-order valence-electron chi connectivity index (χ2n) is 5.43. The van der Waals surface area contributed by atoms with Crippen LogP contribution in [0, 0.1) is 0 Å². The van der Waals surface area contributed by atoms with Crippen LogP contribution in [0.4, 0.5) is 13.2 Å². The fourth-order valence-corrected chi connectivity index (χ4v) is 3.98. The van der Waals surface area contributed by atoms with Crippen molar-refractivity contribution in [2.75, 3.05) is 26.2 Å². The van der Waals surface area contributed by atoms with Crippen LogP contribution in [0.2, 0.25) is 5.02 Å². The summed E-state index contributed by atoms with van der Waals surface area (Å²) >= 11 is 7.30. The number of hydrogen-bond donors (Lipinski definition) is 1. The lowest BCUT2D eigenvalue weighted by Gasteiger charge is -2.35. The van der Waals surface area contributed by atoms with Gasteiger partial charge in [-0.1, -0.05) is 23.7 Å². The number of rotatable bonds is 3. The van der Waals surface area contributed by atoms with E-state index in [9.17, 15) is 13.2 Å². The molecule has 2 aromatic rings. The molecule has 2 heterocycles. The van der Waals surface area contributed by atoms with Crippen LogP contribution in [0.3, 0.4) is 0 Å². The van der Waals surface area contributed by atoms with E-state index in [1.54, 1.807) is 0 Å². The minimum absolute atomic E-state index is 0. The van der Waals surface area contributed by atoms with Gasteiger partial charge in [0, 0.05) is 36.1 Å². The minimum Gasteiger partial charge on any atom is -0.314 e. The molecule has 0 spiro atoms. The fraction of sp³-hybridized carbons (Fsp3) is 0.375. The van der Waals surface area contributed by atoms with Crippen molar-refractivity contribution in [3.63, 3.8) is 0 Å². The van der Waals surface area contributed by atoms with Gasteiger partial charge >= 0.3 is 6.18 Å². The molecule has 24 heavy (non-hydrogen) atoms. The Morgan fingerprint density at radius 2 is 1.88 bits per heavy atom. The highest BCUT2D eigenvalue weighted by atomic mass is 35.5. The van der Waals surface area contributed by atoms with E-state index in [2.05, 4.69) is 10.2 Å². The molecule has 0 radical (unpaired) electrons. The van der Waals surface area contributed by atoms with Crippen LogP contribution in [0.5, 0.6) is 0 Å². The Labute approximate surface area is 154 Å². The molecule has 1 aliphatic heterocycles. The molecule has 0 bridgehead atoms. The average molecular weight is 397 g/mol. The van der Waals surface area contributed by atoms with Crippen molar-refractivity contribution in [2.24, 2.45) is 0 Å². The summed E-state index contributed by atoms with van der Waals surface area (Å²) in [5, 5.41) is 5.24. The van der Waals surface area contributed by atoms with Crippen molar-refractivity contribution in [3.8, 4) is 0 Å². The first-order valence-electron chi connectivity index (χ1n) is 7.31. The largest absolute Gasteiger partial charge is 0.416 e. The van der Waals surface area contributed by atoms with E-state index in [1.807, 2.05) is 17.5 Å². The summed E-state index contributed by atoms with van der Waals surface area (Å²) < 4.78 is 40.5. The van der Waals surface area contributed by atoms with Gasteiger partial charge in [-0.3, -0.25) is 4.90 Å². The molecule has 0 unspecified atom stereocenters. The van der Waals surface area contributed by atoms with E-state index in [0.717, 1.165) is 24.0 Å². The van der Waals surface area contributed by atoms with Gasteiger partial charge in [-0.05, 0) is 29.1 Å². The van der Waals surface area contributed by atoms with Crippen LogP contribution < -0.4 is 5.32 Å². The first kappa shape index (κ1) is 19.5. The van der Waals surface area contributed by atoms with E-state index < -0.39 is 17.8 Å². The minimum atomic E-state index is -4.43. The summed E-state index contributed by atoms with van der Waals surface area (Å²) in [6, 6.07) is 7.45. The first-order valence-corrected chi connectivity index (χ1v) is 8.57. The summed E-state index contributed by atoms with van der Waals surface area (Å²) in [4.78, 5) is 3.01. The van der Waals surface area contributed by atoms with Crippen molar-refractivity contribution in [3.05, 3.63) is 56.7 Å². The van der Waals surface area contributed by atoms with Crippen molar-refractivity contribution in [2.45, 2.75) is 12.2 Å². The number of piperazine rings is 1. The number of nitrogens with one attached hydrogen (secondary N) is 1. The molecule has 3 rings (SSSR count). The topological polar surface area (TPSA) is 15.3 Å². The van der Waals surface area contributed by atoms with Gasteiger partial charge in [-0.25, -0.2) is 0 Å². The SMILES string of the molecule is Cl.FC(F)(F)c1cc(Cl)ccc1[C@@H](c1cccs1)N1CCNCC1. The Balaban J connectivity index is 0.00000208.